The van der Waals surface area contributed by atoms with Crippen molar-refractivity contribution < 1.29 is 24.2 Å². The molecule has 2 N–H and O–H groups in total. The molecular weight excluding hydrogens is 274 g/mol. The molecule has 0 fully saturated rings. The summed E-state index contributed by atoms with van der Waals surface area (Å²) in [6.45, 7) is 3.02. The lowest BCUT2D eigenvalue weighted by molar-refractivity contribution is -0.149. The van der Waals surface area contributed by atoms with Gasteiger partial charge < -0.3 is 19.9 Å². The number of aliphatic carboxylic acids is 1. The molecule has 1 rings (SSSR count). The van der Waals surface area contributed by atoms with Gasteiger partial charge in [0.1, 0.15) is 5.75 Å². The number of hydrogen-bond acceptors (Lipinski definition) is 4. The molecule has 6 nitrogen and oxygen atoms in total. The van der Waals surface area contributed by atoms with Crippen LogP contribution >= 0.6 is 0 Å². The summed E-state index contributed by atoms with van der Waals surface area (Å²) in [5.74, 6) is -1.30. The Morgan fingerprint density at radius 3 is 2.29 bits per heavy atom. The monoisotopic (exact) mass is 295 g/mol. The van der Waals surface area contributed by atoms with E-state index in [9.17, 15) is 14.7 Å². The standard InChI is InChI=1S/C15H21NO5/c1-10(11-5-7-12(21-4)8-6-11)13(17)16-15(2,9-20-3)14(18)19/h5-8,10H,9H2,1-4H3,(H,16,17)(H,18,19). The summed E-state index contributed by atoms with van der Waals surface area (Å²) in [5, 5.41) is 11.7. The third-order valence-electron chi connectivity index (χ3n) is 3.31. The molecule has 0 bridgehead atoms. The predicted molar refractivity (Wildman–Crippen MR) is 77.5 cm³/mol. The summed E-state index contributed by atoms with van der Waals surface area (Å²) in [6.07, 6.45) is 0. The molecule has 0 saturated carbocycles. The first-order valence-electron chi connectivity index (χ1n) is 6.52. The van der Waals surface area contributed by atoms with Crippen molar-refractivity contribution in [2.75, 3.05) is 20.8 Å². The van der Waals surface area contributed by atoms with Crippen LogP contribution in [-0.4, -0.2) is 43.3 Å². The van der Waals surface area contributed by atoms with Gasteiger partial charge in [-0.05, 0) is 31.5 Å². The summed E-state index contributed by atoms with van der Waals surface area (Å²) >= 11 is 0. The Hall–Kier alpha value is -2.08. The Morgan fingerprint density at radius 2 is 1.86 bits per heavy atom. The lowest BCUT2D eigenvalue weighted by Crippen LogP contribution is -2.56. The van der Waals surface area contributed by atoms with Crippen molar-refractivity contribution >= 4 is 11.9 Å². The van der Waals surface area contributed by atoms with Crippen molar-refractivity contribution in [3.8, 4) is 5.75 Å². The first-order valence-corrected chi connectivity index (χ1v) is 6.52. The van der Waals surface area contributed by atoms with Gasteiger partial charge in [-0.2, -0.15) is 0 Å². The van der Waals surface area contributed by atoms with Gasteiger partial charge in [0.05, 0.1) is 19.6 Å². The average molecular weight is 295 g/mol. The van der Waals surface area contributed by atoms with Crippen LogP contribution in [0, 0.1) is 0 Å². The van der Waals surface area contributed by atoms with Crippen LogP contribution in [0.3, 0.4) is 0 Å². The molecule has 0 aliphatic heterocycles. The van der Waals surface area contributed by atoms with Crippen LogP contribution in [0.15, 0.2) is 24.3 Å². The lowest BCUT2D eigenvalue weighted by Gasteiger charge is -2.27. The minimum Gasteiger partial charge on any atom is -0.497 e. The number of ether oxygens (including phenoxy) is 2. The second-order valence-electron chi connectivity index (χ2n) is 5.05. The third-order valence-corrected chi connectivity index (χ3v) is 3.31. The third kappa shape index (κ3) is 4.19. The second kappa shape index (κ2) is 7.08. The van der Waals surface area contributed by atoms with Gasteiger partial charge >= 0.3 is 5.97 Å². The first-order chi connectivity index (χ1) is 9.84. The zero-order chi connectivity index (χ0) is 16.0. The smallest absolute Gasteiger partial charge is 0.331 e. The van der Waals surface area contributed by atoms with E-state index in [0.717, 1.165) is 5.56 Å². The molecule has 0 aliphatic rings. The Balaban J connectivity index is 2.83. The highest BCUT2D eigenvalue weighted by molar-refractivity contribution is 5.90. The molecule has 1 aromatic rings. The van der Waals surface area contributed by atoms with Crippen molar-refractivity contribution in [1.82, 2.24) is 5.32 Å². The molecule has 21 heavy (non-hydrogen) atoms. The largest absolute Gasteiger partial charge is 0.497 e. The quantitative estimate of drug-likeness (QED) is 0.794. The number of carbonyl (C=O) groups excluding carboxylic acids is 1. The number of hydrogen-bond donors (Lipinski definition) is 2. The van der Waals surface area contributed by atoms with Gasteiger partial charge in [-0.15, -0.1) is 0 Å². The highest BCUT2D eigenvalue weighted by Crippen LogP contribution is 2.20. The number of methoxy groups -OCH3 is 2. The molecule has 0 aliphatic carbocycles. The maximum atomic E-state index is 12.2. The molecule has 0 saturated heterocycles. The summed E-state index contributed by atoms with van der Waals surface area (Å²) < 4.78 is 9.93. The van der Waals surface area contributed by atoms with Crippen molar-refractivity contribution in [2.45, 2.75) is 25.3 Å². The number of rotatable bonds is 7. The maximum Gasteiger partial charge on any atom is 0.331 e. The number of carboxylic acids is 1. The molecule has 2 unspecified atom stereocenters. The van der Waals surface area contributed by atoms with E-state index < -0.39 is 17.4 Å². The first kappa shape index (κ1) is 17.0. The molecule has 1 amide bonds. The second-order valence-corrected chi connectivity index (χ2v) is 5.05. The van der Waals surface area contributed by atoms with Crippen molar-refractivity contribution in [3.05, 3.63) is 29.8 Å². The molecule has 0 spiro atoms. The molecule has 116 valence electrons. The van der Waals surface area contributed by atoms with E-state index in [-0.39, 0.29) is 12.5 Å². The van der Waals surface area contributed by atoms with Gasteiger partial charge in [0, 0.05) is 7.11 Å². The van der Waals surface area contributed by atoms with Crippen LogP contribution in [0.1, 0.15) is 25.3 Å². The summed E-state index contributed by atoms with van der Waals surface area (Å²) in [6, 6.07) is 7.06. The summed E-state index contributed by atoms with van der Waals surface area (Å²) in [5.41, 5.74) is -0.675. The van der Waals surface area contributed by atoms with Gasteiger partial charge in [0.15, 0.2) is 5.54 Å². The van der Waals surface area contributed by atoms with Gasteiger partial charge in [0.25, 0.3) is 0 Å². The fourth-order valence-electron chi connectivity index (χ4n) is 1.86. The van der Waals surface area contributed by atoms with Crippen molar-refractivity contribution in [1.29, 1.82) is 0 Å². The van der Waals surface area contributed by atoms with Crippen LogP contribution in [-0.2, 0) is 14.3 Å². The Morgan fingerprint density at radius 1 is 1.29 bits per heavy atom. The van der Waals surface area contributed by atoms with E-state index in [0.29, 0.717) is 5.75 Å². The van der Waals surface area contributed by atoms with Gasteiger partial charge in [0.2, 0.25) is 5.91 Å². The number of benzene rings is 1. The molecule has 0 aromatic heterocycles. The SMILES string of the molecule is COCC(C)(NC(=O)C(C)c1ccc(OC)cc1)C(=O)O. The fourth-order valence-corrected chi connectivity index (χ4v) is 1.86. The van der Waals surface area contributed by atoms with Gasteiger partial charge in [-0.3, -0.25) is 4.79 Å². The van der Waals surface area contributed by atoms with Crippen LogP contribution in [0.4, 0.5) is 0 Å². The lowest BCUT2D eigenvalue weighted by atomic mass is 9.97. The molecule has 1 aromatic carbocycles. The average Bonchev–Trinajstić information content (AvgIpc) is 2.46. The summed E-state index contributed by atoms with van der Waals surface area (Å²) in [4.78, 5) is 23.5. The van der Waals surface area contributed by atoms with E-state index in [2.05, 4.69) is 5.32 Å². The van der Waals surface area contributed by atoms with E-state index in [1.54, 1.807) is 38.3 Å². The van der Waals surface area contributed by atoms with Gasteiger partial charge in [-0.25, -0.2) is 4.79 Å². The number of amides is 1. The van der Waals surface area contributed by atoms with Gasteiger partial charge in [-0.1, -0.05) is 12.1 Å². The molecule has 2 atom stereocenters. The molecule has 0 heterocycles. The maximum absolute atomic E-state index is 12.2. The Labute approximate surface area is 124 Å². The zero-order valence-electron chi connectivity index (χ0n) is 12.7. The van der Waals surface area contributed by atoms with Crippen LogP contribution in [0.5, 0.6) is 5.75 Å². The Bertz CT molecular complexity index is 499. The van der Waals surface area contributed by atoms with Crippen molar-refractivity contribution in [3.63, 3.8) is 0 Å². The topological polar surface area (TPSA) is 84.9 Å². The highest BCUT2D eigenvalue weighted by atomic mass is 16.5. The fraction of sp³-hybridized carbons (Fsp3) is 0.467. The predicted octanol–water partition coefficient (Wildman–Crippen LogP) is 1.40. The molecular formula is C15H21NO5. The van der Waals surface area contributed by atoms with Crippen LogP contribution in [0.25, 0.3) is 0 Å². The zero-order valence-corrected chi connectivity index (χ0v) is 12.7. The van der Waals surface area contributed by atoms with E-state index >= 15 is 0 Å². The van der Waals surface area contributed by atoms with E-state index in [1.165, 1.54) is 14.0 Å². The van der Waals surface area contributed by atoms with Crippen LogP contribution < -0.4 is 10.1 Å². The highest BCUT2D eigenvalue weighted by Gasteiger charge is 2.36. The summed E-state index contributed by atoms with van der Waals surface area (Å²) in [7, 11) is 2.95. The Kier molecular flexibility index (Phi) is 5.72. The normalized spacial score (nSPS) is 14.9. The van der Waals surface area contributed by atoms with Crippen LogP contribution in [0.2, 0.25) is 0 Å². The van der Waals surface area contributed by atoms with Crippen molar-refractivity contribution in [2.24, 2.45) is 0 Å². The number of nitrogens with one attached hydrogen (secondary N) is 1. The van der Waals surface area contributed by atoms with E-state index in [4.69, 9.17) is 9.47 Å². The molecule has 0 radical (unpaired) electrons. The minimum absolute atomic E-state index is 0.108. The number of carbonyl (C=O) groups is 2. The molecule has 6 heteroatoms. The van der Waals surface area contributed by atoms with E-state index in [1.807, 2.05) is 0 Å². The minimum atomic E-state index is -1.45. The number of carboxylic acid groups (broad SMARTS) is 1.